The molecule has 25 heavy (non-hydrogen) atoms. The molecule has 0 unspecified atom stereocenters. The molecule has 0 bridgehead atoms. The van der Waals surface area contributed by atoms with Crippen molar-refractivity contribution in [1.29, 1.82) is 0 Å². The third-order valence-electron chi connectivity index (χ3n) is 3.64. The molecule has 0 aliphatic rings. The Kier molecular flexibility index (Phi) is 5.40. The zero-order valence-corrected chi connectivity index (χ0v) is 15.5. The molecule has 3 aromatic rings. The van der Waals surface area contributed by atoms with E-state index in [0.29, 0.717) is 16.1 Å². The quantitative estimate of drug-likeness (QED) is 0.503. The van der Waals surface area contributed by atoms with E-state index in [2.05, 4.69) is 12.2 Å². The molecule has 0 saturated heterocycles. The monoisotopic (exact) mass is 371 g/mol. The minimum atomic E-state index is -0.456. The van der Waals surface area contributed by atoms with Crippen LogP contribution >= 0.6 is 23.1 Å². The van der Waals surface area contributed by atoms with Crippen LogP contribution in [0.3, 0.4) is 0 Å². The van der Waals surface area contributed by atoms with Gasteiger partial charge in [-0.05, 0) is 36.1 Å². The summed E-state index contributed by atoms with van der Waals surface area (Å²) in [4.78, 5) is 25.9. The molecule has 6 heteroatoms. The lowest BCUT2D eigenvalue weighted by Crippen LogP contribution is -2.13. The van der Waals surface area contributed by atoms with Crippen LogP contribution in [0.5, 0.6) is 0 Å². The van der Waals surface area contributed by atoms with Crippen LogP contribution in [0.25, 0.3) is 10.1 Å². The highest BCUT2D eigenvalue weighted by Crippen LogP contribution is 2.36. The lowest BCUT2D eigenvalue weighted by molar-refractivity contribution is 0.0604. The molecule has 1 heterocycles. The smallest absolute Gasteiger partial charge is 0.341 e. The standard InChI is InChI=1S/C19H17NO3S2/c1-3-24-13-10-8-12(9-11-13)17(21)20-18-16(19(22)23-2)14-6-4-5-7-15(14)25-18/h4-11H,3H2,1-2H3,(H,20,21). The van der Waals surface area contributed by atoms with Gasteiger partial charge in [-0.2, -0.15) is 0 Å². The van der Waals surface area contributed by atoms with Crippen LogP contribution in [0.1, 0.15) is 27.6 Å². The Morgan fingerprint density at radius 1 is 1.12 bits per heavy atom. The van der Waals surface area contributed by atoms with E-state index in [0.717, 1.165) is 20.7 Å². The summed E-state index contributed by atoms with van der Waals surface area (Å²) in [6.07, 6.45) is 0. The van der Waals surface area contributed by atoms with Crippen LogP contribution < -0.4 is 5.32 Å². The number of ether oxygens (including phenoxy) is 1. The molecule has 1 amide bonds. The van der Waals surface area contributed by atoms with E-state index >= 15 is 0 Å². The van der Waals surface area contributed by atoms with Crippen LogP contribution in [-0.4, -0.2) is 24.7 Å². The van der Waals surface area contributed by atoms with Crippen LogP contribution in [0, 0.1) is 0 Å². The molecule has 0 aliphatic heterocycles. The van der Waals surface area contributed by atoms with Crippen LogP contribution in [-0.2, 0) is 4.74 Å². The Hall–Kier alpha value is -2.31. The summed E-state index contributed by atoms with van der Waals surface area (Å²) < 4.78 is 5.81. The summed E-state index contributed by atoms with van der Waals surface area (Å²) in [5, 5.41) is 4.14. The topological polar surface area (TPSA) is 55.4 Å². The number of benzene rings is 2. The third-order valence-corrected chi connectivity index (χ3v) is 5.62. The van der Waals surface area contributed by atoms with Crippen LogP contribution in [0.4, 0.5) is 5.00 Å². The first-order chi connectivity index (χ1) is 12.1. The summed E-state index contributed by atoms with van der Waals surface area (Å²) in [6, 6.07) is 15.0. The number of rotatable bonds is 5. The van der Waals surface area contributed by atoms with Crippen molar-refractivity contribution in [2.75, 3.05) is 18.2 Å². The minimum Gasteiger partial charge on any atom is -0.465 e. The fraction of sp³-hybridized carbons (Fsp3) is 0.158. The van der Waals surface area contributed by atoms with Gasteiger partial charge in [0.25, 0.3) is 5.91 Å². The zero-order valence-electron chi connectivity index (χ0n) is 13.9. The summed E-state index contributed by atoms with van der Waals surface area (Å²) in [5.74, 6) is 0.280. The van der Waals surface area contributed by atoms with E-state index in [-0.39, 0.29) is 5.91 Å². The van der Waals surface area contributed by atoms with Crippen molar-refractivity contribution in [3.8, 4) is 0 Å². The van der Waals surface area contributed by atoms with Gasteiger partial charge in [0.1, 0.15) is 10.6 Å². The average molecular weight is 371 g/mol. The number of thiophene rings is 1. The summed E-state index contributed by atoms with van der Waals surface area (Å²) >= 11 is 3.09. The van der Waals surface area contributed by atoms with Crippen molar-refractivity contribution in [2.45, 2.75) is 11.8 Å². The Balaban J connectivity index is 1.91. The van der Waals surface area contributed by atoms with Gasteiger partial charge in [-0.1, -0.05) is 25.1 Å². The molecule has 0 spiro atoms. The summed E-state index contributed by atoms with van der Waals surface area (Å²) in [6.45, 7) is 2.08. The van der Waals surface area contributed by atoms with Gasteiger partial charge in [-0.25, -0.2) is 4.79 Å². The lowest BCUT2D eigenvalue weighted by atomic mass is 10.1. The average Bonchev–Trinajstić information content (AvgIpc) is 2.99. The number of amides is 1. The van der Waals surface area contributed by atoms with Gasteiger partial charge >= 0.3 is 5.97 Å². The lowest BCUT2D eigenvalue weighted by Gasteiger charge is -2.06. The normalized spacial score (nSPS) is 10.6. The molecule has 1 aromatic heterocycles. The highest BCUT2D eigenvalue weighted by molar-refractivity contribution is 7.99. The second kappa shape index (κ2) is 7.72. The van der Waals surface area contributed by atoms with E-state index < -0.39 is 5.97 Å². The SMILES string of the molecule is CCSc1ccc(C(=O)Nc2sc3ccccc3c2C(=O)OC)cc1. The maximum absolute atomic E-state index is 12.6. The van der Waals surface area contributed by atoms with E-state index in [9.17, 15) is 9.59 Å². The number of carbonyl (C=O) groups excluding carboxylic acids is 2. The van der Waals surface area contributed by atoms with Crippen molar-refractivity contribution in [2.24, 2.45) is 0 Å². The molecule has 128 valence electrons. The summed E-state index contributed by atoms with van der Waals surface area (Å²) in [7, 11) is 1.34. The predicted molar refractivity (Wildman–Crippen MR) is 104 cm³/mol. The first-order valence-electron chi connectivity index (χ1n) is 7.78. The highest BCUT2D eigenvalue weighted by atomic mass is 32.2. The van der Waals surface area contributed by atoms with Gasteiger partial charge in [0.2, 0.25) is 0 Å². The third kappa shape index (κ3) is 3.70. The molecule has 0 fully saturated rings. The zero-order chi connectivity index (χ0) is 17.8. The molecule has 0 aliphatic carbocycles. The first kappa shape index (κ1) is 17.5. The van der Waals surface area contributed by atoms with Gasteiger partial charge in [0.15, 0.2) is 0 Å². The van der Waals surface area contributed by atoms with Crippen LogP contribution in [0.15, 0.2) is 53.4 Å². The number of anilines is 1. The molecule has 2 aromatic carbocycles. The van der Waals surface area contributed by atoms with Crippen molar-refractivity contribution in [3.05, 3.63) is 59.7 Å². The van der Waals surface area contributed by atoms with Crippen LogP contribution in [0.2, 0.25) is 0 Å². The van der Waals surface area contributed by atoms with Crippen molar-refractivity contribution < 1.29 is 14.3 Å². The van der Waals surface area contributed by atoms with Gasteiger partial charge in [0, 0.05) is 20.5 Å². The second-order valence-electron chi connectivity index (χ2n) is 5.21. The van der Waals surface area contributed by atoms with Gasteiger partial charge < -0.3 is 10.1 Å². The number of esters is 1. The number of methoxy groups -OCH3 is 1. The first-order valence-corrected chi connectivity index (χ1v) is 9.58. The van der Waals surface area contributed by atoms with E-state index in [4.69, 9.17) is 4.74 Å². The maximum Gasteiger partial charge on any atom is 0.341 e. The molecule has 4 nitrogen and oxygen atoms in total. The van der Waals surface area contributed by atoms with Crippen molar-refractivity contribution in [1.82, 2.24) is 0 Å². The summed E-state index contributed by atoms with van der Waals surface area (Å²) in [5.41, 5.74) is 0.948. The number of hydrogen-bond donors (Lipinski definition) is 1. The van der Waals surface area contributed by atoms with Crippen molar-refractivity contribution in [3.63, 3.8) is 0 Å². The molecular weight excluding hydrogens is 354 g/mol. The molecule has 0 radical (unpaired) electrons. The minimum absolute atomic E-state index is 0.246. The number of carbonyl (C=O) groups is 2. The number of fused-ring (bicyclic) bond motifs is 1. The van der Waals surface area contributed by atoms with E-state index in [1.165, 1.54) is 18.4 Å². The Morgan fingerprint density at radius 2 is 1.84 bits per heavy atom. The van der Waals surface area contributed by atoms with Gasteiger partial charge in [-0.15, -0.1) is 23.1 Å². The van der Waals surface area contributed by atoms with E-state index in [1.807, 2.05) is 36.4 Å². The molecule has 1 N–H and O–H groups in total. The number of nitrogens with one attached hydrogen (secondary N) is 1. The Bertz CT molecular complexity index is 916. The molecular formula is C19H17NO3S2. The number of hydrogen-bond acceptors (Lipinski definition) is 5. The largest absolute Gasteiger partial charge is 0.465 e. The number of thioether (sulfide) groups is 1. The van der Waals surface area contributed by atoms with Gasteiger partial charge in [0.05, 0.1) is 7.11 Å². The molecule has 0 saturated carbocycles. The van der Waals surface area contributed by atoms with Crippen molar-refractivity contribution >= 4 is 50.1 Å². The molecule has 3 rings (SSSR count). The Labute approximate surface area is 154 Å². The fourth-order valence-corrected chi connectivity index (χ4v) is 4.23. The van der Waals surface area contributed by atoms with Gasteiger partial charge in [-0.3, -0.25) is 4.79 Å². The molecule has 0 atom stereocenters. The van der Waals surface area contributed by atoms with E-state index in [1.54, 1.807) is 23.9 Å². The fourth-order valence-electron chi connectivity index (χ4n) is 2.48. The maximum atomic E-state index is 12.6. The predicted octanol–water partition coefficient (Wildman–Crippen LogP) is 5.05. The second-order valence-corrected chi connectivity index (χ2v) is 7.60. The Morgan fingerprint density at radius 3 is 2.52 bits per heavy atom. The highest BCUT2D eigenvalue weighted by Gasteiger charge is 2.21.